The maximum atomic E-state index is 14.9. The second-order valence-electron chi connectivity index (χ2n) is 7.36. The van der Waals surface area contributed by atoms with Crippen LogP contribution in [0, 0.1) is 23.6 Å². The maximum Gasteiger partial charge on any atom is 0.308 e. The highest BCUT2D eigenvalue weighted by Gasteiger charge is 2.47. The van der Waals surface area contributed by atoms with Crippen molar-refractivity contribution < 1.29 is 19.1 Å². The number of nitrogens with one attached hydrogen (secondary N) is 1. The van der Waals surface area contributed by atoms with Crippen LogP contribution in [-0.4, -0.2) is 51.9 Å². The van der Waals surface area contributed by atoms with Crippen molar-refractivity contribution in [3.8, 4) is 0 Å². The van der Waals surface area contributed by atoms with E-state index in [0.29, 0.717) is 0 Å². The first-order chi connectivity index (χ1) is 12.8. The molecule has 7 nitrogen and oxygen atoms in total. The second kappa shape index (κ2) is 7.92. The van der Waals surface area contributed by atoms with Gasteiger partial charge in [-0.15, -0.1) is 0 Å². The molecular formula is C18H22BrFN4O3. The number of carbonyl (C=O) groups excluding carboxylic acids is 1. The van der Waals surface area contributed by atoms with Crippen molar-refractivity contribution in [1.82, 2.24) is 14.9 Å². The Morgan fingerprint density at radius 1 is 1.22 bits per heavy atom. The number of rotatable bonds is 6. The Morgan fingerprint density at radius 2 is 1.85 bits per heavy atom. The molecule has 0 aromatic carbocycles. The van der Waals surface area contributed by atoms with Crippen LogP contribution in [0.2, 0.25) is 0 Å². The number of allylic oxidation sites excluding steroid dienone is 1. The van der Waals surface area contributed by atoms with E-state index in [1.165, 1.54) is 12.3 Å². The van der Waals surface area contributed by atoms with Gasteiger partial charge < -0.3 is 15.3 Å². The van der Waals surface area contributed by atoms with E-state index in [-0.39, 0.29) is 28.1 Å². The van der Waals surface area contributed by atoms with E-state index in [1.54, 1.807) is 19.0 Å². The van der Waals surface area contributed by atoms with Gasteiger partial charge in [0.05, 0.1) is 5.92 Å². The molecule has 27 heavy (non-hydrogen) atoms. The molecule has 2 atom stereocenters. The minimum absolute atomic E-state index is 0.0702. The van der Waals surface area contributed by atoms with Gasteiger partial charge in [0.15, 0.2) is 22.1 Å². The van der Waals surface area contributed by atoms with Crippen LogP contribution in [0.15, 0.2) is 17.0 Å². The summed E-state index contributed by atoms with van der Waals surface area (Å²) in [6.45, 7) is 0. The molecule has 0 saturated heterocycles. The fourth-order valence-corrected chi connectivity index (χ4v) is 4.50. The molecule has 2 unspecified atom stereocenters. The number of carboxylic acids is 1. The number of aromatic nitrogens is 2. The minimum Gasteiger partial charge on any atom is -0.481 e. The van der Waals surface area contributed by atoms with Crippen LogP contribution in [0.3, 0.4) is 0 Å². The van der Waals surface area contributed by atoms with Crippen LogP contribution in [0.25, 0.3) is 0 Å². The van der Waals surface area contributed by atoms with Crippen molar-refractivity contribution in [1.29, 1.82) is 0 Å². The molecule has 1 aromatic heterocycles. The number of halogens is 2. The number of aliphatic carboxylic acids is 1. The summed E-state index contributed by atoms with van der Waals surface area (Å²) in [5, 5.41) is 12.6. The Kier molecular flexibility index (Phi) is 5.78. The first-order valence-electron chi connectivity index (χ1n) is 8.89. The average molecular weight is 441 g/mol. The highest BCUT2D eigenvalue weighted by Crippen LogP contribution is 2.46. The van der Waals surface area contributed by atoms with Crippen molar-refractivity contribution in [3.63, 3.8) is 0 Å². The molecule has 4 rings (SSSR count). The minimum atomic E-state index is -0.874. The van der Waals surface area contributed by atoms with E-state index >= 15 is 0 Å². The molecule has 0 amide bonds. The smallest absolute Gasteiger partial charge is 0.308 e. The Labute approximate surface area is 165 Å². The lowest BCUT2D eigenvalue weighted by Crippen LogP contribution is -2.51. The molecule has 3 aliphatic rings. The quantitative estimate of drug-likeness (QED) is 0.398. The van der Waals surface area contributed by atoms with Gasteiger partial charge in [-0.1, -0.05) is 0 Å². The molecule has 0 spiro atoms. The fraction of sp³-hybridized carbons (Fsp3) is 0.556. The second-order valence-corrected chi connectivity index (χ2v) is 8.07. The van der Waals surface area contributed by atoms with E-state index in [4.69, 9.17) is 0 Å². The van der Waals surface area contributed by atoms with Gasteiger partial charge in [0.1, 0.15) is 0 Å². The zero-order chi connectivity index (χ0) is 19.7. The molecule has 0 aliphatic heterocycles. The van der Waals surface area contributed by atoms with Crippen molar-refractivity contribution in [3.05, 3.63) is 28.5 Å². The third-order valence-electron chi connectivity index (χ3n) is 5.39. The zero-order valence-electron chi connectivity index (χ0n) is 15.2. The summed E-state index contributed by atoms with van der Waals surface area (Å²) < 4.78 is 15.0. The molecule has 1 aromatic rings. The van der Waals surface area contributed by atoms with Gasteiger partial charge in [0.2, 0.25) is 5.78 Å². The topological polar surface area (TPSA) is 95.4 Å². The van der Waals surface area contributed by atoms with Crippen LogP contribution >= 0.6 is 15.9 Å². The summed E-state index contributed by atoms with van der Waals surface area (Å²) in [6.07, 6.45) is 6.33. The standard InChI is InChI=1S/C18H22BrFN4O3/c1-24(2)8-7-11(25)15-13(20)16(23-18(19)22-15)21-14-10-5-3-9(4-6-10)12(14)17(26)27/h7-10,12,14H,3-6H2,1-2H3,(H,26,27)(H,21,22,23)/b8-7+. The number of ketones is 1. The van der Waals surface area contributed by atoms with E-state index in [1.807, 2.05) is 0 Å². The molecular weight excluding hydrogens is 419 g/mol. The number of hydrogen-bond acceptors (Lipinski definition) is 6. The number of nitrogens with zero attached hydrogens (tertiary/aromatic N) is 3. The van der Waals surface area contributed by atoms with E-state index in [0.717, 1.165) is 25.7 Å². The Bertz CT molecular complexity index is 778. The number of carboxylic acid groups (broad SMARTS) is 1. The van der Waals surface area contributed by atoms with Gasteiger partial charge in [-0.2, -0.15) is 0 Å². The summed E-state index contributed by atoms with van der Waals surface area (Å²) in [7, 11) is 3.49. The zero-order valence-corrected chi connectivity index (χ0v) is 16.7. The third-order valence-corrected chi connectivity index (χ3v) is 5.74. The molecule has 3 saturated carbocycles. The number of carbonyl (C=O) groups is 2. The van der Waals surface area contributed by atoms with Gasteiger partial charge in [-0.3, -0.25) is 9.59 Å². The predicted octanol–water partition coefficient (Wildman–Crippen LogP) is 2.94. The van der Waals surface area contributed by atoms with Gasteiger partial charge >= 0.3 is 5.97 Å². The van der Waals surface area contributed by atoms with Crippen molar-refractivity contribution in [2.45, 2.75) is 31.7 Å². The van der Waals surface area contributed by atoms with Gasteiger partial charge in [0.25, 0.3) is 0 Å². The van der Waals surface area contributed by atoms with Crippen LogP contribution in [0.5, 0.6) is 0 Å². The third kappa shape index (κ3) is 4.12. The molecule has 2 N–H and O–H groups in total. The first kappa shape index (κ1) is 19.7. The molecule has 9 heteroatoms. The molecule has 2 bridgehead atoms. The Balaban J connectivity index is 1.90. The summed E-state index contributed by atoms with van der Waals surface area (Å²) >= 11 is 3.11. The molecule has 1 heterocycles. The molecule has 0 radical (unpaired) electrons. The van der Waals surface area contributed by atoms with Gasteiger partial charge in [0, 0.05) is 32.4 Å². The van der Waals surface area contributed by atoms with Crippen molar-refractivity contribution >= 4 is 33.5 Å². The molecule has 3 fully saturated rings. The number of hydrogen-bond donors (Lipinski definition) is 2. The van der Waals surface area contributed by atoms with E-state index in [9.17, 15) is 19.1 Å². The van der Waals surface area contributed by atoms with Gasteiger partial charge in [-0.05, 0) is 53.4 Å². The largest absolute Gasteiger partial charge is 0.481 e. The SMILES string of the molecule is CN(C)/C=C/C(=O)c1nc(Br)nc(NC2C3CCC(CC3)C2C(=O)O)c1F. The average Bonchev–Trinajstić information content (AvgIpc) is 2.63. The molecule has 3 aliphatic carbocycles. The summed E-state index contributed by atoms with van der Waals surface area (Å²) in [4.78, 5) is 33.6. The lowest BCUT2D eigenvalue weighted by Gasteiger charge is -2.47. The maximum absolute atomic E-state index is 14.9. The lowest BCUT2D eigenvalue weighted by atomic mass is 9.61. The lowest BCUT2D eigenvalue weighted by molar-refractivity contribution is -0.148. The fourth-order valence-electron chi connectivity index (χ4n) is 4.14. The monoisotopic (exact) mass is 440 g/mol. The predicted molar refractivity (Wildman–Crippen MR) is 101 cm³/mol. The van der Waals surface area contributed by atoms with Gasteiger partial charge in [-0.25, -0.2) is 14.4 Å². The van der Waals surface area contributed by atoms with Crippen LogP contribution in [0.4, 0.5) is 10.2 Å². The van der Waals surface area contributed by atoms with Crippen molar-refractivity contribution in [2.75, 3.05) is 19.4 Å². The molecule has 146 valence electrons. The van der Waals surface area contributed by atoms with E-state index in [2.05, 4.69) is 31.2 Å². The number of anilines is 1. The Hall–Kier alpha value is -2.03. The van der Waals surface area contributed by atoms with Crippen LogP contribution in [0.1, 0.15) is 36.2 Å². The van der Waals surface area contributed by atoms with Crippen molar-refractivity contribution in [2.24, 2.45) is 17.8 Å². The van der Waals surface area contributed by atoms with Crippen LogP contribution < -0.4 is 5.32 Å². The van der Waals surface area contributed by atoms with Crippen LogP contribution in [-0.2, 0) is 4.79 Å². The highest BCUT2D eigenvalue weighted by atomic mass is 79.9. The summed E-state index contributed by atoms with van der Waals surface area (Å²) in [6, 6.07) is -0.411. The Morgan fingerprint density at radius 3 is 2.44 bits per heavy atom. The van der Waals surface area contributed by atoms with E-state index < -0.39 is 29.5 Å². The normalized spacial score (nSPS) is 27.0. The highest BCUT2D eigenvalue weighted by molar-refractivity contribution is 9.10. The summed E-state index contributed by atoms with van der Waals surface area (Å²) in [5.41, 5.74) is -0.356. The summed E-state index contributed by atoms with van der Waals surface area (Å²) in [5.74, 6) is -2.81. The first-order valence-corrected chi connectivity index (χ1v) is 9.68. The number of fused-ring (bicyclic) bond motifs is 3.